The fraction of sp³-hybridized carbons (Fsp3) is 0.222. The lowest BCUT2D eigenvalue weighted by Crippen LogP contribution is -1.88. The van der Waals surface area contributed by atoms with Gasteiger partial charge in [-0.25, -0.2) is 0 Å². The monoisotopic (exact) mass is 247 g/mol. The Morgan fingerprint density at radius 1 is 1.50 bits per heavy atom. The fourth-order valence-electron chi connectivity index (χ4n) is 0.952. The van der Waals surface area contributed by atoms with Gasteiger partial charge >= 0.3 is 0 Å². The van der Waals surface area contributed by atoms with Crippen molar-refractivity contribution >= 4 is 35.0 Å². The summed E-state index contributed by atoms with van der Waals surface area (Å²) in [5.41, 5.74) is 0. The lowest BCUT2D eigenvalue weighted by molar-refractivity contribution is 0.405. The molecule has 14 heavy (non-hydrogen) atoms. The highest BCUT2D eigenvalue weighted by molar-refractivity contribution is 7.99. The molecule has 1 rings (SSSR count). The Labute approximate surface area is 96.8 Å². The summed E-state index contributed by atoms with van der Waals surface area (Å²) < 4.78 is 5.11. The van der Waals surface area contributed by atoms with Crippen molar-refractivity contribution in [2.24, 2.45) is 0 Å². The Kier molecular flexibility index (Phi) is 4.40. The average molecular weight is 248 g/mol. The maximum absolute atomic E-state index is 8.45. The van der Waals surface area contributed by atoms with Gasteiger partial charge in [0.2, 0.25) is 0 Å². The number of rotatable bonds is 3. The third-order valence-electron chi connectivity index (χ3n) is 1.47. The topological polar surface area (TPSA) is 33.0 Å². The van der Waals surface area contributed by atoms with E-state index in [1.54, 1.807) is 12.1 Å². The number of hydrogen-bond acceptors (Lipinski definition) is 3. The van der Waals surface area contributed by atoms with Gasteiger partial charge in [0.25, 0.3) is 0 Å². The van der Waals surface area contributed by atoms with Gasteiger partial charge in [0.05, 0.1) is 28.8 Å². The number of nitrogens with zero attached hydrogens (tertiary/aromatic N) is 1. The molecule has 74 valence electrons. The molecule has 0 bridgehead atoms. The van der Waals surface area contributed by atoms with Crippen LogP contribution in [-0.4, -0.2) is 12.9 Å². The highest BCUT2D eigenvalue weighted by Crippen LogP contribution is 2.37. The third-order valence-corrected chi connectivity index (χ3v) is 2.86. The van der Waals surface area contributed by atoms with E-state index in [1.165, 1.54) is 18.9 Å². The number of hydrogen-bond donors (Lipinski definition) is 0. The van der Waals surface area contributed by atoms with Gasteiger partial charge in [-0.3, -0.25) is 0 Å². The van der Waals surface area contributed by atoms with Crippen molar-refractivity contribution in [3.05, 3.63) is 22.2 Å². The summed E-state index contributed by atoms with van der Waals surface area (Å²) in [4.78, 5) is 0.784. The van der Waals surface area contributed by atoms with Gasteiger partial charge in [0.15, 0.2) is 5.75 Å². The van der Waals surface area contributed by atoms with Crippen LogP contribution in [-0.2, 0) is 0 Å². The molecule has 0 heterocycles. The molecule has 0 aliphatic rings. The summed E-state index contributed by atoms with van der Waals surface area (Å²) in [5, 5.41) is 9.45. The second-order valence-electron chi connectivity index (χ2n) is 2.37. The van der Waals surface area contributed by atoms with Crippen LogP contribution >= 0.6 is 35.0 Å². The van der Waals surface area contributed by atoms with Gasteiger partial charge in [-0.05, 0) is 12.1 Å². The second-order valence-corrected chi connectivity index (χ2v) is 4.23. The summed E-state index contributed by atoms with van der Waals surface area (Å²) in [6.45, 7) is 0. The molecule has 5 heteroatoms. The van der Waals surface area contributed by atoms with Crippen molar-refractivity contribution < 1.29 is 4.74 Å². The number of halogens is 2. The molecule has 0 aromatic heterocycles. The molecule has 0 saturated heterocycles. The second kappa shape index (κ2) is 5.35. The number of benzene rings is 1. The van der Waals surface area contributed by atoms with Crippen LogP contribution in [0.25, 0.3) is 0 Å². The minimum atomic E-state index is 0.340. The van der Waals surface area contributed by atoms with Gasteiger partial charge in [0, 0.05) is 5.02 Å². The van der Waals surface area contributed by atoms with E-state index in [0.29, 0.717) is 21.5 Å². The molecule has 0 N–H and O–H groups in total. The minimum Gasteiger partial charge on any atom is -0.494 e. The predicted molar refractivity (Wildman–Crippen MR) is 59.4 cm³/mol. The molecule has 0 atom stereocenters. The molecule has 0 fully saturated rings. The molecule has 0 aliphatic heterocycles. The highest BCUT2D eigenvalue weighted by atomic mass is 35.5. The fourth-order valence-corrected chi connectivity index (χ4v) is 2.40. The van der Waals surface area contributed by atoms with Crippen LogP contribution in [0.2, 0.25) is 10.0 Å². The number of methoxy groups -OCH3 is 1. The predicted octanol–water partition coefficient (Wildman–Crippen LogP) is 3.62. The molecule has 0 spiro atoms. The molecule has 2 nitrogen and oxygen atoms in total. The standard InChI is InChI=1S/C9H7Cl2NOS/c1-13-9-7(11)4-6(10)5-8(9)14-3-2-12/h4-5H,3H2,1H3. The van der Waals surface area contributed by atoms with Crippen molar-refractivity contribution in [2.75, 3.05) is 12.9 Å². The quantitative estimate of drug-likeness (QED) is 0.766. The Balaban J connectivity index is 3.06. The minimum absolute atomic E-state index is 0.340. The maximum Gasteiger partial charge on any atom is 0.151 e. The number of thioether (sulfide) groups is 1. The van der Waals surface area contributed by atoms with E-state index in [-0.39, 0.29) is 0 Å². The Morgan fingerprint density at radius 3 is 2.79 bits per heavy atom. The van der Waals surface area contributed by atoms with Crippen LogP contribution in [0.4, 0.5) is 0 Å². The zero-order valence-corrected chi connectivity index (χ0v) is 9.71. The molecule has 0 aliphatic carbocycles. The molecule has 1 aromatic carbocycles. The van der Waals surface area contributed by atoms with Crippen molar-refractivity contribution in [3.63, 3.8) is 0 Å². The first-order valence-corrected chi connectivity index (χ1v) is 5.46. The van der Waals surface area contributed by atoms with Crippen LogP contribution in [0.3, 0.4) is 0 Å². The van der Waals surface area contributed by atoms with E-state index in [0.717, 1.165) is 4.90 Å². The van der Waals surface area contributed by atoms with Gasteiger partial charge < -0.3 is 4.74 Å². The van der Waals surface area contributed by atoms with Crippen molar-refractivity contribution in [1.82, 2.24) is 0 Å². The number of ether oxygens (including phenoxy) is 1. The van der Waals surface area contributed by atoms with Crippen LogP contribution in [0.15, 0.2) is 17.0 Å². The summed E-state index contributed by atoms with van der Waals surface area (Å²) in [5.74, 6) is 0.906. The van der Waals surface area contributed by atoms with Crippen molar-refractivity contribution in [3.8, 4) is 11.8 Å². The normalized spacial score (nSPS) is 9.57. The Bertz CT molecular complexity index is 376. The first-order valence-electron chi connectivity index (χ1n) is 3.71. The summed E-state index contributed by atoms with van der Waals surface area (Å²) >= 11 is 13.1. The van der Waals surface area contributed by atoms with E-state index in [2.05, 4.69) is 0 Å². The van der Waals surface area contributed by atoms with E-state index in [9.17, 15) is 0 Å². The largest absolute Gasteiger partial charge is 0.494 e. The molecular formula is C9H7Cl2NOS. The van der Waals surface area contributed by atoms with E-state index in [4.69, 9.17) is 33.2 Å². The van der Waals surface area contributed by atoms with E-state index >= 15 is 0 Å². The van der Waals surface area contributed by atoms with Crippen molar-refractivity contribution in [2.45, 2.75) is 4.90 Å². The molecule has 1 aromatic rings. The lowest BCUT2D eigenvalue weighted by Gasteiger charge is -2.08. The number of nitriles is 1. The zero-order chi connectivity index (χ0) is 10.6. The first kappa shape index (κ1) is 11.5. The Morgan fingerprint density at radius 2 is 2.21 bits per heavy atom. The van der Waals surface area contributed by atoms with Crippen LogP contribution in [0.5, 0.6) is 5.75 Å². The Hall–Kier alpha value is -0.560. The smallest absolute Gasteiger partial charge is 0.151 e. The average Bonchev–Trinajstić information content (AvgIpc) is 2.14. The molecule has 0 saturated carbocycles. The molecular weight excluding hydrogens is 241 g/mol. The first-order chi connectivity index (χ1) is 6.69. The van der Waals surface area contributed by atoms with E-state index in [1.807, 2.05) is 6.07 Å². The van der Waals surface area contributed by atoms with Gasteiger partial charge in [0.1, 0.15) is 0 Å². The SMILES string of the molecule is COc1c(Cl)cc(Cl)cc1SCC#N. The van der Waals surface area contributed by atoms with Crippen LogP contribution < -0.4 is 4.74 Å². The van der Waals surface area contributed by atoms with Crippen molar-refractivity contribution in [1.29, 1.82) is 5.26 Å². The zero-order valence-electron chi connectivity index (χ0n) is 7.38. The maximum atomic E-state index is 8.45. The summed E-state index contributed by atoms with van der Waals surface area (Å²) in [7, 11) is 1.53. The van der Waals surface area contributed by atoms with Crippen LogP contribution in [0.1, 0.15) is 0 Å². The molecule has 0 radical (unpaired) electrons. The van der Waals surface area contributed by atoms with E-state index < -0.39 is 0 Å². The molecule has 0 unspecified atom stereocenters. The van der Waals surface area contributed by atoms with Gasteiger partial charge in [-0.2, -0.15) is 5.26 Å². The van der Waals surface area contributed by atoms with Gasteiger partial charge in [-0.1, -0.05) is 23.2 Å². The molecule has 0 amide bonds. The highest BCUT2D eigenvalue weighted by Gasteiger charge is 2.09. The summed E-state index contributed by atoms with van der Waals surface area (Å²) in [6.07, 6.45) is 0. The lowest BCUT2D eigenvalue weighted by atomic mass is 10.3. The van der Waals surface area contributed by atoms with Gasteiger partial charge in [-0.15, -0.1) is 11.8 Å². The third kappa shape index (κ3) is 2.71. The van der Waals surface area contributed by atoms with Crippen LogP contribution in [0, 0.1) is 11.3 Å². The summed E-state index contributed by atoms with van der Waals surface area (Å²) in [6, 6.07) is 5.37.